The monoisotopic (exact) mass is 342 g/mol. The maximum Gasteiger partial charge on any atom is 0.0991 e. The molecule has 1 aliphatic carbocycles. The van der Waals surface area contributed by atoms with E-state index in [9.17, 15) is 5.26 Å². The van der Waals surface area contributed by atoms with Crippen LogP contribution in [0.25, 0.3) is 5.57 Å². The Hall–Kier alpha value is -1.58. The molecule has 0 aliphatic heterocycles. The summed E-state index contributed by atoms with van der Waals surface area (Å²) >= 11 is 3.82. The predicted molar refractivity (Wildman–Crippen MR) is 88.5 cm³/mol. The van der Waals surface area contributed by atoms with Crippen LogP contribution in [-0.4, -0.2) is 4.83 Å². The minimum absolute atomic E-state index is 0.0253. The van der Waals surface area contributed by atoms with Gasteiger partial charge < -0.3 is 0 Å². The van der Waals surface area contributed by atoms with Gasteiger partial charge in [-0.25, -0.2) is 0 Å². The number of nitrogens with zero attached hydrogens (tertiary/aromatic N) is 2. The van der Waals surface area contributed by atoms with E-state index >= 15 is 0 Å². The van der Waals surface area contributed by atoms with Crippen molar-refractivity contribution in [3.05, 3.63) is 41.5 Å². The molecule has 2 nitrogen and oxygen atoms in total. The summed E-state index contributed by atoms with van der Waals surface area (Å²) in [5.41, 5.74) is 2.98. The Balaban J connectivity index is 2.44. The molecule has 0 aromatic heterocycles. The van der Waals surface area contributed by atoms with Crippen molar-refractivity contribution in [3.8, 4) is 12.1 Å². The quantitative estimate of drug-likeness (QED) is 0.680. The van der Waals surface area contributed by atoms with Crippen LogP contribution in [0.4, 0.5) is 0 Å². The zero-order chi connectivity index (χ0) is 15.6. The number of allylic oxidation sites excluding steroid dienone is 2. The van der Waals surface area contributed by atoms with Crippen molar-refractivity contribution in [2.75, 3.05) is 0 Å². The molecular formula is C18H19BrN2. The molecule has 2 rings (SSSR count). The number of alkyl halides is 1. The molecule has 0 N–H and O–H groups in total. The molecule has 108 valence electrons. The van der Waals surface area contributed by atoms with Crippen molar-refractivity contribution in [1.29, 1.82) is 10.5 Å². The summed E-state index contributed by atoms with van der Waals surface area (Å²) in [6.07, 6.45) is 2.92. The number of halogens is 1. The fourth-order valence-corrected chi connectivity index (χ4v) is 4.74. The topological polar surface area (TPSA) is 47.6 Å². The molecule has 3 heteroatoms. The molecule has 3 atom stereocenters. The van der Waals surface area contributed by atoms with E-state index in [4.69, 9.17) is 5.26 Å². The zero-order valence-electron chi connectivity index (χ0n) is 12.6. The van der Waals surface area contributed by atoms with E-state index in [1.54, 1.807) is 0 Å². The first-order chi connectivity index (χ1) is 9.88. The number of benzene rings is 1. The average molecular weight is 343 g/mol. The highest BCUT2D eigenvalue weighted by Gasteiger charge is 2.41. The van der Waals surface area contributed by atoms with Gasteiger partial charge in [0.25, 0.3) is 0 Å². The van der Waals surface area contributed by atoms with Crippen LogP contribution in [-0.2, 0) is 0 Å². The standard InChI is InChI=1S/C18H19BrN2/c1-18(2,3)16-14(11-21)7-8-15(17(16)19)13-6-4-5-12(9-13)10-20/h4-6,8-9,14,16-17H,7H2,1-3H3. The second-order valence-electron chi connectivity index (χ2n) is 6.62. The normalized spacial score (nSPS) is 25.6. The predicted octanol–water partition coefficient (Wildman–Crippen LogP) is 4.91. The minimum Gasteiger partial charge on any atom is -0.198 e. The first-order valence-corrected chi connectivity index (χ1v) is 8.04. The molecule has 0 amide bonds. The van der Waals surface area contributed by atoms with E-state index in [1.807, 2.05) is 24.3 Å². The van der Waals surface area contributed by atoms with Crippen molar-refractivity contribution in [1.82, 2.24) is 0 Å². The van der Waals surface area contributed by atoms with Crippen molar-refractivity contribution in [2.45, 2.75) is 32.0 Å². The molecular weight excluding hydrogens is 324 g/mol. The largest absolute Gasteiger partial charge is 0.198 e. The smallest absolute Gasteiger partial charge is 0.0991 e. The number of nitriles is 2. The van der Waals surface area contributed by atoms with E-state index in [1.165, 1.54) is 5.57 Å². The molecule has 1 aromatic carbocycles. The molecule has 1 aliphatic rings. The summed E-state index contributed by atoms with van der Waals surface area (Å²) in [6, 6.07) is 12.3. The van der Waals surface area contributed by atoms with E-state index in [-0.39, 0.29) is 22.1 Å². The Labute approximate surface area is 135 Å². The highest BCUT2D eigenvalue weighted by molar-refractivity contribution is 9.09. The minimum atomic E-state index is 0.0253. The molecule has 0 spiro atoms. The van der Waals surface area contributed by atoms with Crippen molar-refractivity contribution < 1.29 is 0 Å². The molecule has 0 heterocycles. The molecule has 0 fully saturated rings. The van der Waals surface area contributed by atoms with Gasteiger partial charge in [0.2, 0.25) is 0 Å². The van der Waals surface area contributed by atoms with Gasteiger partial charge in [-0.1, -0.05) is 54.9 Å². The van der Waals surface area contributed by atoms with Crippen LogP contribution in [0.5, 0.6) is 0 Å². The lowest BCUT2D eigenvalue weighted by Gasteiger charge is -2.41. The van der Waals surface area contributed by atoms with Crippen LogP contribution in [0.15, 0.2) is 30.3 Å². The van der Waals surface area contributed by atoms with Crippen LogP contribution < -0.4 is 0 Å². The lowest BCUT2D eigenvalue weighted by Crippen LogP contribution is -2.37. The Bertz CT molecular complexity index is 640. The molecule has 1 aromatic rings. The van der Waals surface area contributed by atoms with Gasteiger partial charge in [0.1, 0.15) is 0 Å². The van der Waals surface area contributed by atoms with E-state index < -0.39 is 0 Å². The molecule has 3 unspecified atom stereocenters. The summed E-state index contributed by atoms with van der Waals surface area (Å²) in [6.45, 7) is 6.56. The number of hydrogen-bond acceptors (Lipinski definition) is 2. The first kappa shape index (κ1) is 15.8. The highest BCUT2D eigenvalue weighted by Crippen LogP contribution is 2.47. The third kappa shape index (κ3) is 3.20. The van der Waals surface area contributed by atoms with Gasteiger partial charge in [0.15, 0.2) is 0 Å². The Morgan fingerprint density at radius 3 is 2.52 bits per heavy atom. The Morgan fingerprint density at radius 2 is 1.95 bits per heavy atom. The van der Waals surface area contributed by atoms with E-state index in [0.717, 1.165) is 12.0 Å². The zero-order valence-corrected chi connectivity index (χ0v) is 14.2. The van der Waals surface area contributed by atoms with Crippen molar-refractivity contribution in [2.24, 2.45) is 17.3 Å². The average Bonchev–Trinajstić information content (AvgIpc) is 2.45. The van der Waals surface area contributed by atoms with Crippen molar-refractivity contribution in [3.63, 3.8) is 0 Å². The summed E-state index contributed by atoms with van der Waals surface area (Å²) in [4.78, 5) is 0.129. The lowest BCUT2D eigenvalue weighted by atomic mass is 9.66. The third-order valence-electron chi connectivity index (χ3n) is 4.13. The first-order valence-electron chi connectivity index (χ1n) is 7.12. The van der Waals surface area contributed by atoms with Gasteiger partial charge >= 0.3 is 0 Å². The van der Waals surface area contributed by atoms with Gasteiger partial charge in [-0.15, -0.1) is 0 Å². The molecule has 0 bridgehead atoms. The number of hydrogen-bond donors (Lipinski definition) is 0. The fourth-order valence-electron chi connectivity index (χ4n) is 3.13. The van der Waals surface area contributed by atoms with E-state index in [2.05, 4.69) is 54.9 Å². The summed E-state index contributed by atoms with van der Waals surface area (Å²) in [5.74, 6) is 0.269. The molecule has 0 saturated carbocycles. The van der Waals surface area contributed by atoms with Gasteiger partial charge in [-0.05, 0) is 41.0 Å². The SMILES string of the molecule is CC(C)(C)C1C(C#N)CC=C(c2cccc(C#N)c2)C1Br. The second kappa shape index (κ2) is 6.04. The van der Waals surface area contributed by atoms with Crippen LogP contribution in [0, 0.1) is 39.9 Å². The van der Waals surface area contributed by atoms with Gasteiger partial charge in [-0.2, -0.15) is 10.5 Å². The van der Waals surface area contributed by atoms with Crippen LogP contribution in [0.1, 0.15) is 38.3 Å². The summed E-state index contributed by atoms with van der Waals surface area (Å²) in [7, 11) is 0. The van der Waals surface area contributed by atoms with Crippen molar-refractivity contribution >= 4 is 21.5 Å². The molecule has 21 heavy (non-hydrogen) atoms. The summed E-state index contributed by atoms with van der Waals surface area (Å²) in [5, 5.41) is 18.5. The maximum absolute atomic E-state index is 9.44. The lowest BCUT2D eigenvalue weighted by molar-refractivity contribution is 0.195. The van der Waals surface area contributed by atoms with E-state index in [0.29, 0.717) is 5.56 Å². The Kier molecular flexibility index (Phi) is 4.55. The third-order valence-corrected chi connectivity index (χ3v) is 5.19. The van der Waals surface area contributed by atoms with Gasteiger partial charge in [0.05, 0.1) is 23.6 Å². The number of rotatable bonds is 1. The second-order valence-corrected chi connectivity index (χ2v) is 7.60. The fraction of sp³-hybridized carbons (Fsp3) is 0.444. The summed E-state index contributed by atoms with van der Waals surface area (Å²) < 4.78 is 0. The molecule has 0 radical (unpaired) electrons. The highest BCUT2D eigenvalue weighted by atomic mass is 79.9. The Morgan fingerprint density at radius 1 is 1.24 bits per heavy atom. The van der Waals surface area contributed by atoms with Crippen LogP contribution in [0.2, 0.25) is 0 Å². The maximum atomic E-state index is 9.44. The molecule has 0 saturated heterocycles. The van der Waals surface area contributed by atoms with Gasteiger partial charge in [-0.3, -0.25) is 0 Å². The van der Waals surface area contributed by atoms with Gasteiger partial charge in [0, 0.05) is 4.83 Å². The van der Waals surface area contributed by atoms with Crippen LogP contribution >= 0.6 is 15.9 Å². The van der Waals surface area contributed by atoms with Crippen LogP contribution in [0.3, 0.4) is 0 Å².